The van der Waals surface area contributed by atoms with Crippen molar-refractivity contribution in [1.29, 1.82) is 0 Å². The molecule has 0 spiro atoms. The molecule has 0 saturated carbocycles. The van der Waals surface area contributed by atoms with Gasteiger partial charge in [-0.15, -0.1) is 0 Å². The minimum atomic E-state index is -0.634. The SMILES string of the molecule is COCCOC(=O)Nc1cccc(NC(=O)Nc2ccccc2F)c1. The Morgan fingerprint density at radius 3 is 2.40 bits per heavy atom. The number of hydrogen-bond acceptors (Lipinski definition) is 4. The van der Waals surface area contributed by atoms with Gasteiger partial charge in [0.2, 0.25) is 0 Å². The lowest BCUT2D eigenvalue weighted by atomic mass is 10.3. The lowest BCUT2D eigenvalue weighted by molar-refractivity contribution is 0.107. The van der Waals surface area contributed by atoms with E-state index in [9.17, 15) is 14.0 Å². The van der Waals surface area contributed by atoms with Gasteiger partial charge in [-0.05, 0) is 30.3 Å². The predicted octanol–water partition coefficient (Wildman–Crippen LogP) is 3.66. The van der Waals surface area contributed by atoms with Gasteiger partial charge in [-0.25, -0.2) is 14.0 Å². The van der Waals surface area contributed by atoms with Crippen LogP contribution in [-0.2, 0) is 9.47 Å². The highest BCUT2D eigenvalue weighted by Gasteiger charge is 2.08. The van der Waals surface area contributed by atoms with E-state index in [0.717, 1.165) is 0 Å². The van der Waals surface area contributed by atoms with Gasteiger partial charge in [-0.3, -0.25) is 5.32 Å². The van der Waals surface area contributed by atoms with Gasteiger partial charge in [0.25, 0.3) is 0 Å². The molecule has 0 heterocycles. The highest BCUT2D eigenvalue weighted by molar-refractivity contribution is 6.00. The van der Waals surface area contributed by atoms with Crippen LogP contribution in [0.25, 0.3) is 0 Å². The summed E-state index contributed by atoms with van der Waals surface area (Å²) in [4.78, 5) is 23.5. The van der Waals surface area contributed by atoms with Crippen molar-refractivity contribution in [1.82, 2.24) is 0 Å². The van der Waals surface area contributed by atoms with Crippen LogP contribution in [0.3, 0.4) is 0 Å². The zero-order valence-corrected chi connectivity index (χ0v) is 13.5. The van der Waals surface area contributed by atoms with Crippen molar-refractivity contribution in [3.8, 4) is 0 Å². The summed E-state index contributed by atoms with van der Waals surface area (Å²) in [6, 6.07) is 11.7. The summed E-state index contributed by atoms with van der Waals surface area (Å²) in [5.41, 5.74) is 0.922. The van der Waals surface area contributed by atoms with Crippen LogP contribution in [0.2, 0.25) is 0 Å². The first-order valence-corrected chi connectivity index (χ1v) is 7.44. The summed E-state index contributed by atoms with van der Waals surface area (Å²) < 4.78 is 23.2. The summed E-state index contributed by atoms with van der Waals surface area (Å²) in [6.07, 6.45) is -0.634. The van der Waals surface area contributed by atoms with Crippen LogP contribution in [0.1, 0.15) is 0 Å². The fourth-order valence-corrected chi connectivity index (χ4v) is 1.89. The van der Waals surface area contributed by atoms with Gasteiger partial charge in [-0.2, -0.15) is 0 Å². The number of para-hydroxylation sites is 1. The number of carbonyl (C=O) groups excluding carboxylic acids is 2. The Balaban J connectivity index is 1.91. The first-order valence-electron chi connectivity index (χ1n) is 7.44. The Morgan fingerprint density at radius 2 is 1.68 bits per heavy atom. The smallest absolute Gasteiger partial charge is 0.411 e. The van der Waals surface area contributed by atoms with Gasteiger partial charge < -0.3 is 20.1 Å². The second-order valence-electron chi connectivity index (χ2n) is 4.89. The highest BCUT2D eigenvalue weighted by atomic mass is 19.1. The summed E-state index contributed by atoms with van der Waals surface area (Å²) in [7, 11) is 1.50. The third kappa shape index (κ3) is 6.11. The van der Waals surface area contributed by atoms with E-state index in [2.05, 4.69) is 16.0 Å². The minimum Gasteiger partial charge on any atom is -0.447 e. The van der Waals surface area contributed by atoms with Crippen molar-refractivity contribution in [2.24, 2.45) is 0 Å². The Hall–Kier alpha value is -3.13. The molecule has 0 fully saturated rings. The van der Waals surface area contributed by atoms with E-state index in [1.54, 1.807) is 30.3 Å². The molecule has 0 saturated heterocycles. The van der Waals surface area contributed by atoms with E-state index in [-0.39, 0.29) is 12.3 Å². The normalized spacial score (nSPS) is 10.0. The van der Waals surface area contributed by atoms with Crippen molar-refractivity contribution in [2.45, 2.75) is 0 Å². The van der Waals surface area contributed by atoms with Gasteiger partial charge in [0.1, 0.15) is 12.4 Å². The van der Waals surface area contributed by atoms with E-state index in [0.29, 0.717) is 18.0 Å². The van der Waals surface area contributed by atoms with Crippen molar-refractivity contribution >= 4 is 29.2 Å². The van der Waals surface area contributed by atoms with Crippen LogP contribution in [0, 0.1) is 5.82 Å². The number of nitrogens with one attached hydrogen (secondary N) is 3. The first-order chi connectivity index (χ1) is 12.1. The van der Waals surface area contributed by atoms with Crippen LogP contribution in [0.5, 0.6) is 0 Å². The number of halogens is 1. The van der Waals surface area contributed by atoms with Crippen molar-refractivity contribution in [3.63, 3.8) is 0 Å². The molecular weight excluding hydrogens is 329 g/mol. The van der Waals surface area contributed by atoms with Gasteiger partial charge in [0.15, 0.2) is 0 Å². The molecule has 2 aromatic rings. The van der Waals surface area contributed by atoms with Crippen molar-refractivity contribution in [3.05, 3.63) is 54.3 Å². The first kappa shape index (κ1) is 18.2. The number of urea groups is 1. The van der Waals surface area contributed by atoms with Crippen molar-refractivity contribution in [2.75, 3.05) is 36.3 Å². The molecule has 0 aromatic heterocycles. The summed E-state index contributed by atoms with van der Waals surface area (Å²) in [5.74, 6) is -0.535. The van der Waals surface area contributed by atoms with E-state index >= 15 is 0 Å². The number of carbonyl (C=O) groups is 2. The zero-order chi connectivity index (χ0) is 18.1. The number of hydrogen-bond donors (Lipinski definition) is 3. The molecule has 3 N–H and O–H groups in total. The number of benzene rings is 2. The Labute approximate surface area is 144 Å². The van der Waals surface area contributed by atoms with Crippen LogP contribution in [0.15, 0.2) is 48.5 Å². The molecule has 0 bridgehead atoms. The zero-order valence-electron chi connectivity index (χ0n) is 13.5. The maximum absolute atomic E-state index is 13.5. The maximum atomic E-state index is 13.5. The number of anilines is 3. The topological polar surface area (TPSA) is 88.7 Å². The van der Waals surface area contributed by atoms with Crippen LogP contribution in [0.4, 0.5) is 31.0 Å². The molecule has 0 aliphatic rings. The average molecular weight is 347 g/mol. The third-order valence-corrected chi connectivity index (χ3v) is 3.01. The second-order valence-corrected chi connectivity index (χ2v) is 4.89. The van der Waals surface area contributed by atoms with E-state index in [1.807, 2.05) is 0 Å². The van der Waals surface area contributed by atoms with Crippen LogP contribution in [-0.4, -0.2) is 32.4 Å². The second kappa shape index (κ2) is 9.24. The van der Waals surface area contributed by atoms with Gasteiger partial charge in [0, 0.05) is 18.5 Å². The molecule has 132 valence electrons. The molecular formula is C17H18FN3O4. The molecule has 7 nitrogen and oxygen atoms in total. The third-order valence-electron chi connectivity index (χ3n) is 3.01. The van der Waals surface area contributed by atoms with E-state index < -0.39 is 17.9 Å². The fraction of sp³-hybridized carbons (Fsp3) is 0.176. The molecule has 0 aliphatic heterocycles. The highest BCUT2D eigenvalue weighted by Crippen LogP contribution is 2.17. The number of ether oxygens (including phenoxy) is 2. The number of rotatable bonds is 6. The van der Waals surface area contributed by atoms with Gasteiger partial charge >= 0.3 is 12.1 Å². The monoisotopic (exact) mass is 347 g/mol. The van der Waals surface area contributed by atoms with E-state index in [1.165, 1.54) is 25.3 Å². The van der Waals surface area contributed by atoms with Crippen LogP contribution < -0.4 is 16.0 Å². The Kier molecular flexibility index (Phi) is 6.73. The van der Waals surface area contributed by atoms with Crippen molar-refractivity contribution < 1.29 is 23.5 Å². The van der Waals surface area contributed by atoms with Crippen LogP contribution >= 0.6 is 0 Å². The predicted molar refractivity (Wildman–Crippen MR) is 92.3 cm³/mol. The molecule has 0 radical (unpaired) electrons. The molecule has 0 aliphatic carbocycles. The maximum Gasteiger partial charge on any atom is 0.411 e. The quantitative estimate of drug-likeness (QED) is 0.696. The molecule has 0 unspecified atom stereocenters. The molecule has 0 atom stereocenters. The standard InChI is InChI=1S/C17H18FN3O4/c1-24-9-10-25-17(23)20-13-6-4-5-12(11-13)19-16(22)21-15-8-3-2-7-14(15)18/h2-8,11H,9-10H2,1H3,(H,20,23)(H2,19,21,22). The lowest BCUT2D eigenvalue weighted by Crippen LogP contribution is -2.20. The summed E-state index contributed by atoms with van der Waals surface area (Å²) in [6.45, 7) is 0.427. The molecule has 8 heteroatoms. The molecule has 2 rings (SSSR count). The number of methoxy groups -OCH3 is 1. The fourth-order valence-electron chi connectivity index (χ4n) is 1.89. The average Bonchev–Trinajstić information content (AvgIpc) is 2.57. The lowest BCUT2D eigenvalue weighted by Gasteiger charge is -2.10. The Morgan fingerprint density at radius 1 is 0.960 bits per heavy atom. The molecule has 3 amide bonds. The Bertz CT molecular complexity index is 739. The minimum absolute atomic E-state index is 0.0657. The van der Waals surface area contributed by atoms with E-state index in [4.69, 9.17) is 9.47 Å². The van der Waals surface area contributed by atoms with Gasteiger partial charge in [-0.1, -0.05) is 18.2 Å². The molecule has 25 heavy (non-hydrogen) atoms. The summed E-state index contributed by atoms with van der Waals surface area (Å²) >= 11 is 0. The number of amides is 3. The molecule has 2 aromatic carbocycles. The van der Waals surface area contributed by atoms with Gasteiger partial charge in [0.05, 0.1) is 12.3 Å². The largest absolute Gasteiger partial charge is 0.447 e. The summed E-state index contributed by atoms with van der Waals surface area (Å²) in [5, 5.41) is 7.48.